The standard InChI is InChI=1S/C29H32N2O3S/c1-21-6-2-3-7-26(21)28-14-12-24-20-25(34-35(30,32)33)13-15-27(24)29(28)23-10-8-22(9-11-23)16-19-31-17-4-5-18-31/h2-3,6-11,13,15,20H,4-5,12,14,16-19H2,1H3,(H2,30,32,33). The van der Waals surface area contributed by atoms with Gasteiger partial charge in [-0.05, 0) is 109 Å². The van der Waals surface area contributed by atoms with Crippen molar-refractivity contribution in [3.05, 3.63) is 100 Å². The molecule has 3 aromatic carbocycles. The molecular formula is C29H32N2O3S. The van der Waals surface area contributed by atoms with Crippen LogP contribution in [0.25, 0.3) is 11.1 Å². The minimum absolute atomic E-state index is 0.252. The lowest BCUT2D eigenvalue weighted by Crippen LogP contribution is -2.21. The number of hydrogen-bond acceptors (Lipinski definition) is 4. The van der Waals surface area contributed by atoms with Crippen LogP contribution in [0.5, 0.6) is 5.75 Å². The summed E-state index contributed by atoms with van der Waals surface area (Å²) in [5, 5.41) is 5.09. The molecule has 0 atom stereocenters. The Morgan fingerprint density at radius 1 is 0.914 bits per heavy atom. The largest absolute Gasteiger partial charge is 0.380 e. The van der Waals surface area contributed by atoms with Crippen LogP contribution >= 0.6 is 0 Å². The van der Waals surface area contributed by atoms with Gasteiger partial charge in [0.05, 0.1) is 0 Å². The molecule has 0 bridgehead atoms. The molecular weight excluding hydrogens is 456 g/mol. The van der Waals surface area contributed by atoms with Crippen molar-refractivity contribution < 1.29 is 12.6 Å². The van der Waals surface area contributed by atoms with Gasteiger partial charge >= 0.3 is 10.3 Å². The molecule has 35 heavy (non-hydrogen) atoms. The molecule has 182 valence electrons. The minimum Gasteiger partial charge on any atom is -0.371 e. The predicted molar refractivity (Wildman–Crippen MR) is 141 cm³/mol. The fourth-order valence-electron chi connectivity index (χ4n) is 5.40. The number of nitrogens with two attached hydrogens (primary N) is 1. The maximum atomic E-state index is 11.4. The number of benzene rings is 3. The zero-order valence-corrected chi connectivity index (χ0v) is 21.0. The highest BCUT2D eigenvalue weighted by atomic mass is 32.2. The Morgan fingerprint density at radius 3 is 2.37 bits per heavy atom. The van der Waals surface area contributed by atoms with E-state index in [1.165, 1.54) is 59.3 Å². The van der Waals surface area contributed by atoms with Crippen molar-refractivity contribution in [1.29, 1.82) is 0 Å². The Labute approximate surface area is 208 Å². The molecule has 0 amide bonds. The number of hydrogen-bond donors (Lipinski definition) is 1. The Hall–Kier alpha value is -2.93. The first-order valence-electron chi connectivity index (χ1n) is 12.3. The van der Waals surface area contributed by atoms with Crippen LogP contribution < -0.4 is 9.32 Å². The molecule has 0 radical (unpaired) electrons. The average molecular weight is 489 g/mol. The molecule has 6 heteroatoms. The van der Waals surface area contributed by atoms with Crippen LogP contribution in [-0.4, -0.2) is 33.0 Å². The Bertz CT molecular complexity index is 1350. The molecule has 0 aromatic heterocycles. The van der Waals surface area contributed by atoms with Crippen molar-refractivity contribution in [1.82, 2.24) is 4.90 Å². The number of allylic oxidation sites excluding steroid dienone is 1. The van der Waals surface area contributed by atoms with Gasteiger partial charge in [-0.3, -0.25) is 0 Å². The van der Waals surface area contributed by atoms with Gasteiger partial charge in [0.2, 0.25) is 0 Å². The number of likely N-dealkylation sites (tertiary alicyclic amines) is 1. The molecule has 0 saturated carbocycles. The Balaban J connectivity index is 1.53. The van der Waals surface area contributed by atoms with Crippen molar-refractivity contribution in [3.63, 3.8) is 0 Å². The maximum Gasteiger partial charge on any atom is 0.380 e. The van der Waals surface area contributed by atoms with Crippen molar-refractivity contribution in [3.8, 4) is 5.75 Å². The molecule has 1 aliphatic heterocycles. The number of fused-ring (bicyclic) bond motifs is 1. The normalized spacial score (nSPS) is 16.4. The van der Waals surface area contributed by atoms with Crippen LogP contribution in [0, 0.1) is 6.92 Å². The smallest absolute Gasteiger partial charge is 0.371 e. The first-order chi connectivity index (χ1) is 16.9. The number of aryl methyl sites for hydroxylation is 2. The first-order valence-corrected chi connectivity index (χ1v) is 13.8. The van der Waals surface area contributed by atoms with Gasteiger partial charge in [-0.1, -0.05) is 54.6 Å². The highest BCUT2D eigenvalue weighted by Gasteiger charge is 2.23. The Kier molecular flexibility index (Phi) is 6.78. The third-order valence-electron chi connectivity index (χ3n) is 7.13. The molecule has 3 aromatic rings. The van der Waals surface area contributed by atoms with E-state index in [0.717, 1.165) is 36.9 Å². The lowest BCUT2D eigenvalue weighted by atomic mass is 9.78. The second-order valence-electron chi connectivity index (χ2n) is 9.56. The van der Waals surface area contributed by atoms with Crippen molar-refractivity contribution in [2.45, 2.75) is 39.0 Å². The number of nitrogens with zero attached hydrogens (tertiary/aromatic N) is 1. The molecule has 2 N–H and O–H groups in total. The third kappa shape index (κ3) is 5.50. The predicted octanol–water partition coefficient (Wildman–Crippen LogP) is 5.12. The fraction of sp³-hybridized carbons (Fsp3) is 0.310. The summed E-state index contributed by atoms with van der Waals surface area (Å²) in [4.78, 5) is 2.55. The van der Waals surface area contributed by atoms with Gasteiger partial charge in [-0.2, -0.15) is 13.6 Å². The van der Waals surface area contributed by atoms with Crippen LogP contribution in [0.15, 0.2) is 66.7 Å². The van der Waals surface area contributed by atoms with E-state index in [1.54, 1.807) is 12.1 Å². The van der Waals surface area contributed by atoms with Gasteiger partial charge in [-0.25, -0.2) is 0 Å². The zero-order chi connectivity index (χ0) is 24.4. The monoisotopic (exact) mass is 488 g/mol. The van der Waals surface area contributed by atoms with E-state index >= 15 is 0 Å². The maximum absolute atomic E-state index is 11.4. The summed E-state index contributed by atoms with van der Waals surface area (Å²) in [6.07, 6.45) is 5.37. The quantitative estimate of drug-likeness (QED) is 0.501. The molecule has 0 unspecified atom stereocenters. The molecule has 5 rings (SSSR count). The van der Waals surface area contributed by atoms with Crippen LogP contribution in [0.3, 0.4) is 0 Å². The van der Waals surface area contributed by atoms with E-state index in [4.69, 9.17) is 9.32 Å². The second kappa shape index (κ2) is 9.97. The third-order valence-corrected chi connectivity index (χ3v) is 7.56. The van der Waals surface area contributed by atoms with Crippen LogP contribution in [0.4, 0.5) is 0 Å². The van der Waals surface area contributed by atoms with Gasteiger partial charge < -0.3 is 9.08 Å². The van der Waals surface area contributed by atoms with Gasteiger partial charge in [0.1, 0.15) is 5.75 Å². The Morgan fingerprint density at radius 2 is 1.66 bits per heavy atom. The van der Waals surface area contributed by atoms with E-state index < -0.39 is 10.3 Å². The highest BCUT2D eigenvalue weighted by molar-refractivity contribution is 7.84. The van der Waals surface area contributed by atoms with E-state index in [0.29, 0.717) is 0 Å². The van der Waals surface area contributed by atoms with Gasteiger partial charge in [0.25, 0.3) is 0 Å². The van der Waals surface area contributed by atoms with Gasteiger partial charge in [0.15, 0.2) is 0 Å². The summed E-state index contributed by atoms with van der Waals surface area (Å²) in [6, 6.07) is 22.9. The summed E-state index contributed by atoms with van der Waals surface area (Å²) in [7, 11) is -4.06. The zero-order valence-electron chi connectivity index (χ0n) is 20.2. The SMILES string of the molecule is Cc1ccccc1C1=C(c2ccc(CCN3CCCC3)cc2)c2ccc(OS(N)(=O)=O)cc2CC1. The van der Waals surface area contributed by atoms with E-state index in [1.807, 2.05) is 6.07 Å². The molecule has 0 spiro atoms. The second-order valence-corrected chi connectivity index (χ2v) is 10.7. The van der Waals surface area contributed by atoms with Crippen LogP contribution in [0.1, 0.15) is 52.6 Å². The summed E-state index contributed by atoms with van der Waals surface area (Å²) in [6.45, 7) is 5.71. The number of rotatable bonds is 7. The molecule has 1 fully saturated rings. The van der Waals surface area contributed by atoms with Gasteiger partial charge in [0, 0.05) is 6.54 Å². The van der Waals surface area contributed by atoms with Crippen LogP contribution in [0.2, 0.25) is 0 Å². The van der Waals surface area contributed by atoms with Crippen molar-refractivity contribution in [2.24, 2.45) is 5.14 Å². The molecule has 1 saturated heterocycles. The molecule has 1 heterocycles. The lowest BCUT2D eigenvalue weighted by molar-refractivity contribution is 0.343. The summed E-state index contributed by atoms with van der Waals surface area (Å²) in [5.74, 6) is 0.252. The van der Waals surface area contributed by atoms with Gasteiger partial charge in [-0.15, -0.1) is 0 Å². The summed E-state index contributed by atoms with van der Waals surface area (Å²) >= 11 is 0. The molecule has 1 aliphatic carbocycles. The van der Waals surface area contributed by atoms with E-state index in [2.05, 4.69) is 60.4 Å². The van der Waals surface area contributed by atoms with Crippen molar-refractivity contribution >= 4 is 21.5 Å². The highest BCUT2D eigenvalue weighted by Crippen LogP contribution is 2.42. The topological polar surface area (TPSA) is 72.6 Å². The minimum atomic E-state index is -4.06. The van der Waals surface area contributed by atoms with E-state index in [-0.39, 0.29) is 5.75 Å². The average Bonchev–Trinajstić information content (AvgIpc) is 3.36. The molecule has 2 aliphatic rings. The lowest BCUT2D eigenvalue weighted by Gasteiger charge is -2.26. The fourth-order valence-corrected chi connectivity index (χ4v) is 5.77. The first kappa shape index (κ1) is 23.8. The van der Waals surface area contributed by atoms with E-state index in [9.17, 15) is 8.42 Å². The molecule has 5 nitrogen and oxygen atoms in total. The van der Waals surface area contributed by atoms with Crippen molar-refractivity contribution in [2.75, 3.05) is 19.6 Å². The van der Waals surface area contributed by atoms with Crippen LogP contribution in [-0.2, 0) is 23.1 Å². The summed E-state index contributed by atoms with van der Waals surface area (Å²) < 4.78 is 27.8. The summed E-state index contributed by atoms with van der Waals surface area (Å²) in [5.41, 5.74) is 9.74.